The molecular formula is C7H12O2S2. The Hall–Kier alpha value is 0.170. The molecule has 0 N–H and O–H groups in total. The van der Waals surface area contributed by atoms with Gasteiger partial charge in [-0.25, -0.2) is 0 Å². The molecule has 0 aromatic rings. The van der Waals surface area contributed by atoms with Crippen molar-refractivity contribution in [1.29, 1.82) is 0 Å². The van der Waals surface area contributed by atoms with Crippen LogP contribution in [0.25, 0.3) is 0 Å². The Labute approximate surface area is 75.4 Å². The molecule has 4 heteroatoms. The molecule has 0 aliphatic carbocycles. The minimum Gasteiger partial charge on any atom is -0.465 e. The number of ether oxygens (including phenoxy) is 1. The van der Waals surface area contributed by atoms with E-state index in [4.69, 9.17) is 4.74 Å². The summed E-state index contributed by atoms with van der Waals surface area (Å²) in [7, 11) is 0. The summed E-state index contributed by atoms with van der Waals surface area (Å²) >= 11 is 3.64. The standard InChI is InChI=1S/C7H12O2S2/c1-2-9-7(8)5-10-3-6-4-11-6/h6H,2-5H2,1H3. The summed E-state index contributed by atoms with van der Waals surface area (Å²) in [6.07, 6.45) is 0. The highest BCUT2D eigenvalue weighted by atomic mass is 32.2. The van der Waals surface area contributed by atoms with Crippen molar-refractivity contribution in [2.75, 3.05) is 23.9 Å². The molecule has 0 radical (unpaired) electrons. The minimum atomic E-state index is -0.0804. The molecule has 1 heterocycles. The number of hydrogen-bond acceptors (Lipinski definition) is 4. The lowest BCUT2D eigenvalue weighted by Crippen LogP contribution is -2.07. The molecule has 1 unspecified atom stereocenters. The molecule has 1 aliphatic heterocycles. The lowest BCUT2D eigenvalue weighted by molar-refractivity contribution is -0.139. The van der Waals surface area contributed by atoms with Gasteiger partial charge in [0.05, 0.1) is 12.4 Å². The van der Waals surface area contributed by atoms with Gasteiger partial charge in [-0.05, 0) is 6.92 Å². The van der Waals surface area contributed by atoms with E-state index in [9.17, 15) is 4.79 Å². The summed E-state index contributed by atoms with van der Waals surface area (Å²) in [5.41, 5.74) is 0. The summed E-state index contributed by atoms with van der Waals surface area (Å²) in [5, 5.41) is 0.814. The van der Waals surface area contributed by atoms with Crippen LogP contribution in [-0.4, -0.2) is 35.1 Å². The number of carbonyl (C=O) groups is 1. The number of carbonyl (C=O) groups excluding carboxylic acids is 1. The Morgan fingerprint density at radius 1 is 1.82 bits per heavy atom. The Bertz CT molecular complexity index is 134. The second kappa shape index (κ2) is 4.93. The zero-order chi connectivity index (χ0) is 8.10. The molecule has 1 atom stereocenters. The third-order valence-electron chi connectivity index (χ3n) is 1.23. The number of esters is 1. The van der Waals surface area contributed by atoms with Crippen molar-refractivity contribution in [2.45, 2.75) is 12.2 Å². The zero-order valence-corrected chi connectivity index (χ0v) is 8.17. The first kappa shape index (κ1) is 9.26. The van der Waals surface area contributed by atoms with E-state index in [1.807, 2.05) is 18.7 Å². The highest BCUT2D eigenvalue weighted by molar-refractivity contribution is 8.08. The van der Waals surface area contributed by atoms with Crippen molar-refractivity contribution in [3.63, 3.8) is 0 Å². The van der Waals surface area contributed by atoms with E-state index in [0.717, 1.165) is 11.0 Å². The molecule has 11 heavy (non-hydrogen) atoms. The summed E-state index contributed by atoms with van der Waals surface area (Å²) in [5.74, 6) is 2.81. The predicted molar refractivity (Wildman–Crippen MR) is 50.2 cm³/mol. The minimum absolute atomic E-state index is 0.0804. The first-order valence-electron chi connectivity index (χ1n) is 3.68. The van der Waals surface area contributed by atoms with Gasteiger partial charge in [-0.15, -0.1) is 11.8 Å². The molecule has 0 aromatic heterocycles. The van der Waals surface area contributed by atoms with E-state index < -0.39 is 0 Å². The van der Waals surface area contributed by atoms with E-state index in [0.29, 0.717) is 12.4 Å². The third-order valence-corrected chi connectivity index (χ3v) is 3.49. The predicted octanol–water partition coefficient (Wildman–Crippen LogP) is 1.40. The second-order valence-electron chi connectivity index (χ2n) is 2.28. The van der Waals surface area contributed by atoms with Gasteiger partial charge in [0.15, 0.2) is 0 Å². The smallest absolute Gasteiger partial charge is 0.315 e. The van der Waals surface area contributed by atoms with Crippen molar-refractivity contribution in [3.8, 4) is 0 Å². The van der Waals surface area contributed by atoms with Crippen LogP contribution in [0, 0.1) is 0 Å². The lowest BCUT2D eigenvalue weighted by atomic mass is 10.6. The highest BCUT2D eigenvalue weighted by Gasteiger charge is 2.22. The normalized spacial score (nSPS) is 21.4. The van der Waals surface area contributed by atoms with Gasteiger partial charge < -0.3 is 4.74 Å². The van der Waals surface area contributed by atoms with Crippen molar-refractivity contribution in [1.82, 2.24) is 0 Å². The maximum atomic E-state index is 10.8. The Morgan fingerprint density at radius 3 is 3.09 bits per heavy atom. The highest BCUT2D eigenvalue weighted by Crippen LogP contribution is 2.32. The van der Waals surface area contributed by atoms with Crippen LogP contribution in [-0.2, 0) is 9.53 Å². The van der Waals surface area contributed by atoms with Crippen LogP contribution in [0.5, 0.6) is 0 Å². The molecule has 64 valence electrons. The van der Waals surface area contributed by atoms with Crippen LogP contribution >= 0.6 is 23.5 Å². The van der Waals surface area contributed by atoms with Gasteiger partial charge >= 0.3 is 5.97 Å². The summed E-state index contributed by atoms with van der Waals surface area (Å²) < 4.78 is 4.78. The van der Waals surface area contributed by atoms with Gasteiger partial charge in [-0.1, -0.05) is 0 Å². The molecule has 2 nitrogen and oxygen atoms in total. The zero-order valence-electron chi connectivity index (χ0n) is 6.54. The van der Waals surface area contributed by atoms with Gasteiger partial charge in [-0.2, -0.15) is 11.8 Å². The van der Waals surface area contributed by atoms with E-state index in [2.05, 4.69) is 0 Å². The molecule has 0 saturated carbocycles. The van der Waals surface area contributed by atoms with Gasteiger partial charge in [0, 0.05) is 16.8 Å². The summed E-state index contributed by atoms with van der Waals surface area (Å²) in [6.45, 7) is 2.33. The van der Waals surface area contributed by atoms with Crippen LogP contribution in [0.2, 0.25) is 0 Å². The van der Waals surface area contributed by atoms with Gasteiger partial charge in [0.2, 0.25) is 0 Å². The summed E-state index contributed by atoms with van der Waals surface area (Å²) in [4.78, 5) is 10.8. The molecule has 1 aliphatic rings. The van der Waals surface area contributed by atoms with Crippen molar-refractivity contribution >= 4 is 29.5 Å². The quantitative estimate of drug-likeness (QED) is 0.486. The SMILES string of the molecule is CCOC(=O)CSCC1CS1. The van der Waals surface area contributed by atoms with Crippen LogP contribution in [0.4, 0.5) is 0 Å². The maximum Gasteiger partial charge on any atom is 0.315 e. The molecule has 0 bridgehead atoms. The van der Waals surface area contributed by atoms with Crippen LogP contribution in [0.15, 0.2) is 0 Å². The van der Waals surface area contributed by atoms with Gasteiger partial charge in [-0.3, -0.25) is 4.79 Å². The number of thioether (sulfide) groups is 2. The lowest BCUT2D eigenvalue weighted by Gasteiger charge is -1.99. The first-order chi connectivity index (χ1) is 5.33. The number of rotatable bonds is 5. The fraction of sp³-hybridized carbons (Fsp3) is 0.857. The first-order valence-corrected chi connectivity index (χ1v) is 5.88. The fourth-order valence-electron chi connectivity index (χ4n) is 0.641. The Balaban J connectivity index is 1.88. The van der Waals surface area contributed by atoms with E-state index in [1.54, 1.807) is 11.8 Å². The fourth-order valence-corrected chi connectivity index (χ4v) is 2.47. The maximum absolute atomic E-state index is 10.8. The van der Waals surface area contributed by atoms with Gasteiger partial charge in [0.1, 0.15) is 0 Å². The average molecular weight is 192 g/mol. The van der Waals surface area contributed by atoms with E-state index in [1.165, 1.54) is 5.75 Å². The summed E-state index contributed by atoms with van der Waals surface area (Å²) in [6, 6.07) is 0. The molecule has 0 aromatic carbocycles. The molecule has 1 fully saturated rings. The monoisotopic (exact) mass is 192 g/mol. The molecule has 0 spiro atoms. The molecular weight excluding hydrogens is 180 g/mol. The molecule has 1 rings (SSSR count). The topological polar surface area (TPSA) is 26.3 Å². The van der Waals surface area contributed by atoms with Crippen molar-refractivity contribution in [3.05, 3.63) is 0 Å². The largest absolute Gasteiger partial charge is 0.465 e. The second-order valence-corrected chi connectivity index (χ2v) is 4.64. The van der Waals surface area contributed by atoms with Crippen LogP contribution in [0.3, 0.4) is 0 Å². The number of hydrogen-bond donors (Lipinski definition) is 0. The average Bonchev–Trinajstić information content (AvgIpc) is 2.72. The molecule has 0 amide bonds. The third kappa shape index (κ3) is 4.58. The van der Waals surface area contributed by atoms with Crippen LogP contribution < -0.4 is 0 Å². The van der Waals surface area contributed by atoms with Crippen molar-refractivity contribution < 1.29 is 9.53 Å². The Kier molecular flexibility index (Phi) is 4.15. The van der Waals surface area contributed by atoms with E-state index in [-0.39, 0.29) is 5.97 Å². The van der Waals surface area contributed by atoms with Crippen molar-refractivity contribution in [2.24, 2.45) is 0 Å². The van der Waals surface area contributed by atoms with Gasteiger partial charge in [0.25, 0.3) is 0 Å². The Morgan fingerprint density at radius 2 is 2.55 bits per heavy atom. The molecule has 1 saturated heterocycles. The van der Waals surface area contributed by atoms with Crippen LogP contribution in [0.1, 0.15) is 6.92 Å². The van der Waals surface area contributed by atoms with E-state index >= 15 is 0 Å².